The highest BCUT2D eigenvalue weighted by molar-refractivity contribution is 6.01. The molecule has 17 heavy (non-hydrogen) atoms. The molecule has 1 saturated heterocycles. The summed E-state index contributed by atoms with van der Waals surface area (Å²) >= 11 is 0. The summed E-state index contributed by atoms with van der Waals surface area (Å²) in [4.78, 5) is 16.2. The molecule has 1 amide bonds. The van der Waals surface area contributed by atoms with Crippen LogP contribution in [0.1, 0.15) is 20.8 Å². The van der Waals surface area contributed by atoms with E-state index in [1.807, 2.05) is 0 Å². The van der Waals surface area contributed by atoms with Crippen molar-refractivity contribution < 1.29 is 10.0 Å². The number of hydrogen-bond donors (Lipinski definition) is 2. The van der Waals surface area contributed by atoms with Crippen molar-refractivity contribution in [3.8, 4) is 0 Å². The molecule has 98 valence electrons. The van der Waals surface area contributed by atoms with Crippen molar-refractivity contribution in [1.29, 1.82) is 0 Å². The fourth-order valence-corrected chi connectivity index (χ4v) is 2.15. The highest BCUT2D eigenvalue weighted by Gasteiger charge is 2.29. The third-order valence-electron chi connectivity index (χ3n) is 3.41. The third-order valence-corrected chi connectivity index (χ3v) is 3.41. The summed E-state index contributed by atoms with van der Waals surface area (Å²) in [5, 5.41) is 11.5. The molecule has 0 aromatic heterocycles. The smallest absolute Gasteiger partial charge is 0.233 e. The molecular formula is C11H22N4O2. The molecule has 0 aromatic carbocycles. The minimum absolute atomic E-state index is 0.0272. The van der Waals surface area contributed by atoms with Gasteiger partial charge in [0.25, 0.3) is 0 Å². The summed E-state index contributed by atoms with van der Waals surface area (Å²) in [5.41, 5.74) is 5.45. The second-order valence-electron chi connectivity index (χ2n) is 4.51. The molecule has 6 heteroatoms. The predicted octanol–water partition coefficient (Wildman–Crippen LogP) is -0.0785. The highest BCUT2D eigenvalue weighted by Crippen LogP contribution is 2.12. The van der Waals surface area contributed by atoms with E-state index in [1.54, 1.807) is 11.8 Å². The Hall–Kier alpha value is -1.30. The largest absolute Gasteiger partial charge is 0.409 e. The van der Waals surface area contributed by atoms with Crippen LogP contribution in [0.4, 0.5) is 0 Å². The number of nitrogens with zero attached hydrogens (tertiary/aromatic N) is 3. The van der Waals surface area contributed by atoms with E-state index >= 15 is 0 Å². The van der Waals surface area contributed by atoms with E-state index in [9.17, 15) is 4.79 Å². The second-order valence-corrected chi connectivity index (χ2v) is 4.51. The summed E-state index contributed by atoms with van der Waals surface area (Å²) in [6, 6.07) is 0.359. The topological polar surface area (TPSA) is 82.2 Å². The van der Waals surface area contributed by atoms with Gasteiger partial charge in [-0.05, 0) is 20.4 Å². The molecule has 0 radical (unpaired) electrons. The van der Waals surface area contributed by atoms with E-state index in [0.29, 0.717) is 19.1 Å². The third kappa shape index (κ3) is 3.09. The number of nitrogens with two attached hydrogens (primary N) is 1. The van der Waals surface area contributed by atoms with Crippen LogP contribution in [0.2, 0.25) is 0 Å². The first-order valence-electron chi connectivity index (χ1n) is 6.01. The van der Waals surface area contributed by atoms with Crippen molar-refractivity contribution in [1.82, 2.24) is 9.80 Å². The van der Waals surface area contributed by atoms with E-state index in [1.165, 1.54) is 0 Å². The van der Waals surface area contributed by atoms with Crippen LogP contribution >= 0.6 is 0 Å². The number of carbonyl (C=O) groups excluding carboxylic acids is 1. The van der Waals surface area contributed by atoms with Crippen molar-refractivity contribution in [2.45, 2.75) is 26.8 Å². The maximum atomic E-state index is 12.1. The number of carbonyl (C=O) groups is 1. The molecule has 0 spiro atoms. The lowest BCUT2D eigenvalue weighted by molar-refractivity contribution is -0.135. The number of oxime groups is 1. The molecule has 2 atom stereocenters. The summed E-state index contributed by atoms with van der Waals surface area (Å²) in [6.07, 6.45) is 0. The molecule has 2 unspecified atom stereocenters. The Balaban J connectivity index is 2.61. The fourth-order valence-electron chi connectivity index (χ4n) is 2.15. The van der Waals surface area contributed by atoms with Crippen LogP contribution in [0.25, 0.3) is 0 Å². The normalized spacial score (nSPS) is 24.8. The van der Waals surface area contributed by atoms with E-state index in [-0.39, 0.29) is 11.7 Å². The first kappa shape index (κ1) is 13.8. The molecule has 1 aliphatic rings. The van der Waals surface area contributed by atoms with Gasteiger partial charge in [0.05, 0.1) is 5.92 Å². The SMILES string of the molecule is CCN1CCN(C(=O)C(C)/C(N)=N/O)CC1C. The lowest BCUT2D eigenvalue weighted by atomic mass is 10.1. The molecule has 0 aromatic rings. The predicted molar refractivity (Wildman–Crippen MR) is 65.9 cm³/mol. The average Bonchev–Trinajstić information content (AvgIpc) is 2.35. The van der Waals surface area contributed by atoms with Crippen molar-refractivity contribution in [3.63, 3.8) is 0 Å². The Morgan fingerprint density at radius 1 is 1.59 bits per heavy atom. The first-order valence-corrected chi connectivity index (χ1v) is 6.01. The van der Waals surface area contributed by atoms with Gasteiger partial charge >= 0.3 is 0 Å². The number of amides is 1. The molecular weight excluding hydrogens is 220 g/mol. The van der Waals surface area contributed by atoms with Gasteiger partial charge in [-0.1, -0.05) is 12.1 Å². The molecule has 3 N–H and O–H groups in total. The van der Waals surface area contributed by atoms with Crippen molar-refractivity contribution in [2.24, 2.45) is 16.8 Å². The van der Waals surface area contributed by atoms with Crippen LogP contribution in [-0.4, -0.2) is 59.0 Å². The van der Waals surface area contributed by atoms with Crippen molar-refractivity contribution in [3.05, 3.63) is 0 Å². The lowest BCUT2D eigenvalue weighted by Crippen LogP contribution is -2.55. The Bertz CT molecular complexity index is 306. The minimum Gasteiger partial charge on any atom is -0.409 e. The Morgan fingerprint density at radius 2 is 2.24 bits per heavy atom. The van der Waals surface area contributed by atoms with Gasteiger partial charge in [-0.2, -0.15) is 0 Å². The van der Waals surface area contributed by atoms with E-state index < -0.39 is 5.92 Å². The highest BCUT2D eigenvalue weighted by atomic mass is 16.4. The summed E-state index contributed by atoms with van der Waals surface area (Å²) < 4.78 is 0. The van der Waals surface area contributed by atoms with Crippen molar-refractivity contribution in [2.75, 3.05) is 26.2 Å². The van der Waals surface area contributed by atoms with Crippen LogP contribution in [0.15, 0.2) is 5.16 Å². The summed E-state index contributed by atoms with van der Waals surface area (Å²) in [7, 11) is 0. The molecule has 6 nitrogen and oxygen atoms in total. The van der Waals surface area contributed by atoms with Gasteiger partial charge in [0.2, 0.25) is 5.91 Å². The van der Waals surface area contributed by atoms with Gasteiger partial charge in [-0.25, -0.2) is 0 Å². The van der Waals surface area contributed by atoms with Gasteiger partial charge in [0.15, 0.2) is 5.84 Å². The van der Waals surface area contributed by atoms with Crippen LogP contribution in [0.3, 0.4) is 0 Å². The fraction of sp³-hybridized carbons (Fsp3) is 0.818. The molecule has 1 rings (SSSR count). The number of hydrogen-bond acceptors (Lipinski definition) is 4. The van der Waals surface area contributed by atoms with Crippen LogP contribution < -0.4 is 5.73 Å². The van der Waals surface area contributed by atoms with Gasteiger partial charge in [-0.3, -0.25) is 9.69 Å². The zero-order valence-electron chi connectivity index (χ0n) is 10.8. The van der Waals surface area contributed by atoms with Gasteiger partial charge in [0.1, 0.15) is 0 Å². The monoisotopic (exact) mass is 242 g/mol. The molecule has 0 bridgehead atoms. The van der Waals surface area contributed by atoms with Crippen LogP contribution in [-0.2, 0) is 4.79 Å². The second kappa shape index (κ2) is 5.86. The van der Waals surface area contributed by atoms with E-state index in [2.05, 4.69) is 23.9 Å². The Morgan fingerprint density at radius 3 is 2.71 bits per heavy atom. The first-order chi connectivity index (χ1) is 8.01. The summed E-state index contributed by atoms with van der Waals surface area (Å²) in [5.74, 6) is -0.649. The van der Waals surface area contributed by atoms with Crippen molar-refractivity contribution >= 4 is 11.7 Å². The minimum atomic E-state index is -0.555. The quantitative estimate of drug-likeness (QED) is 0.314. The number of likely N-dealkylation sites (N-methyl/N-ethyl adjacent to an activating group) is 1. The molecule has 1 fully saturated rings. The Labute approximate surface area is 102 Å². The number of amidine groups is 1. The number of rotatable bonds is 3. The van der Waals surface area contributed by atoms with Crippen LogP contribution in [0, 0.1) is 5.92 Å². The van der Waals surface area contributed by atoms with Crippen LogP contribution in [0.5, 0.6) is 0 Å². The number of piperazine rings is 1. The van der Waals surface area contributed by atoms with Gasteiger partial charge in [0, 0.05) is 25.7 Å². The molecule has 0 aliphatic carbocycles. The average molecular weight is 242 g/mol. The zero-order valence-corrected chi connectivity index (χ0v) is 10.8. The molecule has 1 heterocycles. The maximum absolute atomic E-state index is 12.1. The zero-order chi connectivity index (χ0) is 13.0. The van der Waals surface area contributed by atoms with Gasteiger partial charge in [-0.15, -0.1) is 0 Å². The summed E-state index contributed by atoms with van der Waals surface area (Å²) in [6.45, 7) is 9.18. The van der Waals surface area contributed by atoms with E-state index in [0.717, 1.165) is 13.1 Å². The van der Waals surface area contributed by atoms with E-state index in [4.69, 9.17) is 10.9 Å². The molecule has 0 saturated carbocycles. The maximum Gasteiger partial charge on any atom is 0.233 e. The Kier molecular flexibility index (Phi) is 4.74. The molecule has 1 aliphatic heterocycles. The standard InChI is InChI=1S/C11H22N4O2/c1-4-14-5-6-15(7-8(14)2)11(16)9(3)10(12)13-17/h8-9,17H,4-7H2,1-3H3,(H2,12,13). The lowest BCUT2D eigenvalue weighted by Gasteiger charge is -2.40. The van der Waals surface area contributed by atoms with Gasteiger partial charge < -0.3 is 15.8 Å².